The number of carbonyl (C=O) groups is 1. The van der Waals surface area contributed by atoms with Crippen molar-refractivity contribution in [2.75, 3.05) is 25.1 Å². The Bertz CT molecular complexity index is 1170. The first-order valence-corrected chi connectivity index (χ1v) is 10.1. The number of alkyl halides is 3. The molecule has 0 radical (unpaired) electrons. The number of pyridine rings is 1. The van der Waals surface area contributed by atoms with E-state index in [0.29, 0.717) is 36.2 Å². The summed E-state index contributed by atoms with van der Waals surface area (Å²) in [6.07, 6.45) is -0.438. The summed E-state index contributed by atoms with van der Waals surface area (Å²) >= 11 is 5.71. The Morgan fingerprint density at radius 3 is 2.79 bits per heavy atom. The number of anilines is 1. The van der Waals surface area contributed by atoms with Gasteiger partial charge < -0.3 is 15.4 Å². The van der Waals surface area contributed by atoms with Gasteiger partial charge in [0.2, 0.25) is 5.91 Å². The van der Waals surface area contributed by atoms with E-state index in [1.165, 1.54) is 17.1 Å². The van der Waals surface area contributed by atoms with Crippen LogP contribution in [0.1, 0.15) is 18.3 Å². The second-order valence-electron chi connectivity index (χ2n) is 7.56. The summed E-state index contributed by atoms with van der Waals surface area (Å²) in [7, 11) is 0. The zero-order valence-electron chi connectivity index (χ0n) is 17.2. The van der Waals surface area contributed by atoms with Crippen molar-refractivity contribution in [3.8, 4) is 5.82 Å². The number of morpholine rings is 1. The lowest BCUT2D eigenvalue weighted by Crippen LogP contribution is -2.49. The van der Waals surface area contributed by atoms with Gasteiger partial charge in [-0.2, -0.15) is 18.3 Å². The van der Waals surface area contributed by atoms with Gasteiger partial charge >= 0.3 is 6.18 Å². The third-order valence-corrected chi connectivity index (χ3v) is 5.27. The van der Waals surface area contributed by atoms with Gasteiger partial charge in [-0.25, -0.2) is 19.0 Å². The van der Waals surface area contributed by atoms with Crippen LogP contribution in [0.3, 0.4) is 0 Å². The van der Waals surface area contributed by atoms with Gasteiger partial charge in [-0.1, -0.05) is 11.6 Å². The molecule has 1 amide bonds. The van der Waals surface area contributed by atoms with Gasteiger partial charge in [0.1, 0.15) is 18.0 Å². The zero-order chi connectivity index (χ0) is 23.8. The minimum atomic E-state index is -4.70. The molecular formula is C19H18ClF4N7O2. The van der Waals surface area contributed by atoms with Gasteiger partial charge in [0, 0.05) is 24.9 Å². The highest BCUT2D eigenvalue weighted by molar-refractivity contribution is 6.29. The lowest BCUT2D eigenvalue weighted by Gasteiger charge is -2.33. The SMILES string of the molecule is CC1(c2cn(-c3ncc(NC(=O)Cn4nc(C(F)(F)F)cc4Cl)cc3F)cn2)COCCN1. The fourth-order valence-electron chi connectivity index (χ4n) is 3.28. The monoisotopic (exact) mass is 487 g/mol. The van der Waals surface area contributed by atoms with Gasteiger partial charge in [0.25, 0.3) is 0 Å². The molecule has 0 bridgehead atoms. The standard InChI is InChI=1S/C19H18ClF4N7O2/c1-18(9-33-3-2-27-18)14-7-30(10-26-14)17-12(21)4-11(6-25-17)28-16(32)8-31-15(20)5-13(29-31)19(22,23)24/h4-7,10,27H,2-3,8-9H2,1H3,(H,28,32). The van der Waals surface area contributed by atoms with E-state index in [4.69, 9.17) is 16.3 Å². The molecule has 14 heteroatoms. The molecule has 2 N–H and O–H groups in total. The van der Waals surface area contributed by atoms with E-state index in [-0.39, 0.29) is 16.7 Å². The maximum Gasteiger partial charge on any atom is 0.435 e. The van der Waals surface area contributed by atoms with Gasteiger partial charge in [-0.05, 0) is 6.92 Å². The number of rotatable bonds is 5. The Kier molecular flexibility index (Phi) is 6.12. The molecule has 1 aliphatic heterocycles. The molecule has 176 valence electrons. The van der Waals surface area contributed by atoms with Crippen LogP contribution in [0.4, 0.5) is 23.2 Å². The summed E-state index contributed by atoms with van der Waals surface area (Å²) in [6, 6.07) is 1.65. The van der Waals surface area contributed by atoms with Crippen LogP contribution < -0.4 is 10.6 Å². The van der Waals surface area contributed by atoms with E-state index in [9.17, 15) is 22.4 Å². The second kappa shape index (κ2) is 8.72. The summed E-state index contributed by atoms with van der Waals surface area (Å²) in [6.45, 7) is 2.98. The molecule has 0 spiro atoms. The first kappa shape index (κ1) is 23.1. The maximum atomic E-state index is 14.7. The molecule has 33 heavy (non-hydrogen) atoms. The number of hydrogen-bond donors (Lipinski definition) is 2. The van der Waals surface area contributed by atoms with Crippen LogP contribution in [0.5, 0.6) is 0 Å². The summed E-state index contributed by atoms with van der Waals surface area (Å²) in [5, 5.41) is 8.57. The predicted octanol–water partition coefficient (Wildman–Crippen LogP) is 2.75. The molecule has 4 heterocycles. The van der Waals surface area contributed by atoms with E-state index in [2.05, 4.69) is 25.7 Å². The quantitative estimate of drug-likeness (QED) is 0.537. The maximum absolute atomic E-state index is 14.7. The number of halogens is 5. The van der Waals surface area contributed by atoms with Crippen molar-refractivity contribution in [1.29, 1.82) is 0 Å². The largest absolute Gasteiger partial charge is 0.435 e. The highest BCUT2D eigenvalue weighted by atomic mass is 35.5. The highest BCUT2D eigenvalue weighted by Crippen LogP contribution is 2.30. The Morgan fingerprint density at radius 1 is 1.36 bits per heavy atom. The fourth-order valence-corrected chi connectivity index (χ4v) is 3.48. The van der Waals surface area contributed by atoms with Gasteiger partial charge in [0.05, 0.1) is 36.3 Å². The minimum Gasteiger partial charge on any atom is -0.378 e. The first-order valence-electron chi connectivity index (χ1n) is 9.69. The van der Waals surface area contributed by atoms with Gasteiger partial charge in [-0.15, -0.1) is 0 Å². The molecule has 1 aliphatic rings. The lowest BCUT2D eigenvalue weighted by atomic mass is 9.99. The molecule has 1 unspecified atom stereocenters. The highest BCUT2D eigenvalue weighted by Gasteiger charge is 2.35. The van der Waals surface area contributed by atoms with Crippen molar-refractivity contribution in [2.45, 2.75) is 25.2 Å². The lowest BCUT2D eigenvalue weighted by molar-refractivity contribution is -0.141. The molecule has 4 rings (SSSR count). The molecule has 3 aromatic heterocycles. The topological polar surface area (TPSA) is 98.9 Å². The van der Waals surface area contributed by atoms with Crippen LogP contribution in [0.25, 0.3) is 5.82 Å². The van der Waals surface area contributed by atoms with E-state index in [1.54, 1.807) is 6.20 Å². The van der Waals surface area contributed by atoms with E-state index in [1.807, 2.05) is 6.92 Å². The molecule has 1 saturated heterocycles. The van der Waals surface area contributed by atoms with Crippen LogP contribution >= 0.6 is 11.6 Å². The van der Waals surface area contributed by atoms with Crippen molar-refractivity contribution in [1.82, 2.24) is 29.6 Å². The van der Waals surface area contributed by atoms with Gasteiger partial charge in [0.15, 0.2) is 17.3 Å². The zero-order valence-corrected chi connectivity index (χ0v) is 17.9. The Balaban J connectivity index is 1.45. The minimum absolute atomic E-state index is 0.00946. The molecule has 0 aliphatic carbocycles. The van der Waals surface area contributed by atoms with Crippen LogP contribution in [-0.2, 0) is 27.8 Å². The molecule has 9 nitrogen and oxygen atoms in total. The number of nitrogens with one attached hydrogen (secondary N) is 2. The average molecular weight is 488 g/mol. The summed E-state index contributed by atoms with van der Waals surface area (Å²) in [5.74, 6) is -1.55. The summed E-state index contributed by atoms with van der Waals surface area (Å²) in [5.41, 5.74) is -1.08. The number of imidazole rings is 1. The summed E-state index contributed by atoms with van der Waals surface area (Å²) < 4.78 is 60.4. The number of aromatic nitrogens is 5. The second-order valence-corrected chi connectivity index (χ2v) is 7.95. The van der Waals surface area contributed by atoms with Crippen molar-refractivity contribution in [2.24, 2.45) is 0 Å². The molecule has 3 aromatic rings. The number of amides is 1. The van der Waals surface area contributed by atoms with Crippen molar-refractivity contribution < 1.29 is 27.1 Å². The molecule has 1 atom stereocenters. The van der Waals surface area contributed by atoms with E-state index in [0.717, 1.165) is 6.07 Å². The number of hydrogen-bond acceptors (Lipinski definition) is 6. The molecular weight excluding hydrogens is 470 g/mol. The third kappa shape index (κ3) is 4.99. The third-order valence-electron chi connectivity index (χ3n) is 4.96. The van der Waals surface area contributed by atoms with Crippen molar-refractivity contribution >= 4 is 23.2 Å². The Hall–Kier alpha value is -3.03. The van der Waals surface area contributed by atoms with E-state index < -0.39 is 35.7 Å². The van der Waals surface area contributed by atoms with Crippen LogP contribution in [0.2, 0.25) is 5.15 Å². The Morgan fingerprint density at radius 2 is 2.15 bits per heavy atom. The normalized spacial score (nSPS) is 19.0. The fraction of sp³-hybridized carbons (Fsp3) is 0.368. The average Bonchev–Trinajstić information content (AvgIpc) is 3.36. The van der Waals surface area contributed by atoms with Gasteiger partial charge in [-0.3, -0.25) is 9.36 Å². The number of carbonyl (C=O) groups excluding carboxylic acids is 1. The summed E-state index contributed by atoms with van der Waals surface area (Å²) in [4.78, 5) is 20.5. The van der Waals surface area contributed by atoms with Crippen molar-refractivity contribution in [3.63, 3.8) is 0 Å². The number of nitrogens with zero attached hydrogens (tertiary/aromatic N) is 5. The van der Waals surface area contributed by atoms with Crippen LogP contribution in [0, 0.1) is 5.82 Å². The Labute approximate surface area is 189 Å². The van der Waals surface area contributed by atoms with Crippen molar-refractivity contribution in [3.05, 3.63) is 53.2 Å². The predicted molar refractivity (Wildman–Crippen MR) is 108 cm³/mol. The first-order chi connectivity index (χ1) is 15.5. The van der Waals surface area contributed by atoms with Crippen LogP contribution in [-0.4, -0.2) is 50.0 Å². The van der Waals surface area contributed by atoms with E-state index >= 15 is 0 Å². The number of ether oxygens (including phenoxy) is 1. The molecule has 1 fully saturated rings. The molecule has 0 saturated carbocycles. The smallest absolute Gasteiger partial charge is 0.378 e. The van der Waals surface area contributed by atoms with Crippen LogP contribution in [0.15, 0.2) is 30.9 Å². The molecule has 0 aromatic carbocycles.